The van der Waals surface area contributed by atoms with Crippen molar-refractivity contribution in [3.05, 3.63) is 88.7 Å². The Labute approximate surface area is 175 Å². The van der Waals surface area contributed by atoms with Gasteiger partial charge >= 0.3 is 0 Å². The Morgan fingerprint density at radius 2 is 1.60 bits per heavy atom. The zero-order valence-corrected chi connectivity index (χ0v) is 17.2. The van der Waals surface area contributed by atoms with Crippen LogP contribution in [0.15, 0.2) is 54.6 Å². The van der Waals surface area contributed by atoms with E-state index in [1.54, 1.807) is 48.6 Å². The minimum absolute atomic E-state index is 0.130. The van der Waals surface area contributed by atoms with E-state index in [-0.39, 0.29) is 17.1 Å². The van der Waals surface area contributed by atoms with Crippen LogP contribution in [-0.2, 0) is 6.42 Å². The number of halogens is 3. The Kier molecular flexibility index (Phi) is 7.34. The quantitative estimate of drug-likeness (QED) is 0.273. The minimum atomic E-state index is -1.01. The number of aryl methyl sites for hydroxylation is 1. The summed E-state index contributed by atoms with van der Waals surface area (Å²) in [7, 11) is 1.29. The summed E-state index contributed by atoms with van der Waals surface area (Å²) in [5.41, 5.74) is 3.07. The van der Waals surface area contributed by atoms with Crippen LogP contribution in [0.4, 0.5) is 13.2 Å². The third-order valence-electron chi connectivity index (χ3n) is 5.08. The maximum absolute atomic E-state index is 14.4. The van der Waals surface area contributed by atoms with E-state index in [9.17, 15) is 13.2 Å². The Hall–Kier alpha value is -3.01. The lowest BCUT2D eigenvalue weighted by Gasteiger charge is -2.08. The second-order valence-corrected chi connectivity index (χ2v) is 7.21. The normalized spacial score (nSPS) is 11.2. The highest BCUT2D eigenvalue weighted by Gasteiger charge is 2.15. The highest BCUT2D eigenvalue weighted by atomic mass is 19.2. The lowest BCUT2D eigenvalue weighted by Crippen LogP contribution is -1.94. The third kappa shape index (κ3) is 5.12. The minimum Gasteiger partial charge on any atom is -0.494 e. The van der Waals surface area contributed by atoms with E-state index in [1.807, 2.05) is 6.07 Å². The molecule has 30 heavy (non-hydrogen) atoms. The van der Waals surface area contributed by atoms with Crippen molar-refractivity contribution >= 4 is 12.2 Å². The Bertz CT molecular complexity index is 1020. The molecule has 0 radical (unpaired) electrons. The zero-order chi connectivity index (χ0) is 21.5. The van der Waals surface area contributed by atoms with Gasteiger partial charge in [0.2, 0.25) is 5.82 Å². The molecule has 0 bridgehead atoms. The van der Waals surface area contributed by atoms with Crippen molar-refractivity contribution in [2.75, 3.05) is 7.11 Å². The van der Waals surface area contributed by atoms with E-state index in [1.165, 1.54) is 19.2 Å². The van der Waals surface area contributed by atoms with Gasteiger partial charge in [0.05, 0.1) is 7.11 Å². The van der Waals surface area contributed by atoms with E-state index in [0.717, 1.165) is 36.8 Å². The molecule has 0 spiro atoms. The molecule has 0 atom stereocenters. The fourth-order valence-electron chi connectivity index (χ4n) is 3.31. The number of rotatable bonds is 8. The van der Waals surface area contributed by atoms with Gasteiger partial charge in [-0.25, -0.2) is 8.78 Å². The molecule has 0 amide bonds. The van der Waals surface area contributed by atoms with Crippen molar-refractivity contribution < 1.29 is 17.9 Å². The van der Waals surface area contributed by atoms with Gasteiger partial charge in [-0.2, -0.15) is 4.39 Å². The number of hydrogen-bond acceptors (Lipinski definition) is 1. The lowest BCUT2D eigenvalue weighted by molar-refractivity contribution is 0.372. The van der Waals surface area contributed by atoms with Gasteiger partial charge in [0, 0.05) is 11.1 Å². The molecule has 1 nitrogen and oxygen atoms in total. The molecular weight excluding hydrogens is 385 g/mol. The average molecular weight is 410 g/mol. The molecule has 0 aliphatic carbocycles. The standard InChI is InChI=1S/C26H25F3O/c1-3-4-5-6-19-10-14-21(23(27)17-19)13-9-18-7-11-20(12-8-18)22-15-16-24(30-2)26(29)25(22)28/h7-17H,3-6H2,1-2H3/b13-9+. The van der Waals surface area contributed by atoms with Gasteiger partial charge in [0.15, 0.2) is 11.6 Å². The van der Waals surface area contributed by atoms with Crippen LogP contribution in [-0.4, -0.2) is 7.11 Å². The van der Waals surface area contributed by atoms with Gasteiger partial charge < -0.3 is 4.74 Å². The van der Waals surface area contributed by atoms with Crippen LogP contribution < -0.4 is 4.74 Å². The summed E-state index contributed by atoms with van der Waals surface area (Å²) in [6.07, 6.45) is 7.75. The molecule has 156 valence electrons. The van der Waals surface area contributed by atoms with Gasteiger partial charge in [-0.15, -0.1) is 0 Å². The second kappa shape index (κ2) is 10.1. The van der Waals surface area contributed by atoms with Crippen molar-refractivity contribution in [1.29, 1.82) is 0 Å². The maximum Gasteiger partial charge on any atom is 0.201 e. The highest BCUT2D eigenvalue weighted by Crippen LogP contribution is 2.30. The van der Waals surface area contributed by atoms with E-state index in [4.69, 9.17) is 4.74 Å². The molecule has 0 fully saturated rings. The predicted octanol–water partition coefficient (Wildman–Crippen LogP) is 7.68. The lowest BCUT2D eigenvalue weighted by atomic mass is 10.0. The van der Waals surface area contributed by atoms with E-state index in [0.29, 0.717) is 11.1 Å². The maximum atomic E-state index is 14.4. The van der Waals surface area contributed by atoms with Crippen molar-refractivity contribution in [1.82, 2.24) is 0 Å². The van der Waals surface area contributed by atoms with Crippen molar-refractivity contribution in [2.24, 2.45) is 0 Å². The van der Waals surface area contributed by atoms with Gasteiger partial charge in [-0.1, -0.05) is 68.3 Å². The van der Waals surface area contributed by atoms with Crippen LogP contribution in [0.1, 0.15) is 42.9 Å². The number of hydrogen-bond donors (Lipinski definition) is 0. The van der Waals surface area contributed by atoms with E-state index >= 15 is 0 Å². The SMILES string of the molecule is CCCCCc1ccc(/C=C/c2ccc(-c3ccc(OC)c(F)c3F)cc2)c(F)c1. The number of methoxy groups -OCH3 is 1. The molecule has 0 heterocycles. The summed E-state index contributed by atoms with van der Waals surface area (Å²) in [6.45, 7) is 2.15. The van der Waals surface area contributed by atoms with Crippen LogP contribution in [0.5, 0.6) is 5.75 Å². The molecule has 4 heteroatoms. The fourth-order valence-corrected chi connectivity index (χ4v) is 3.31. The summed E-state index contributed by atoms with van der Waals surface area (Å²) in [4.78, 5) is 0. The first-order valence-corrected chi connectivity index (χ1v) is 10.1. The summed E-state index contributed by atoms with van der Waals surface area (Å²) >= 11 is 0. The molecule has 0 aromatic heterocycles. The van der Waals surface area contributed by atoms with Crippen LogP contribution >= 0.6 is 0 Å². The highest BCUT2D eigenvalue weighted by molar-refractivity contribution is 5.72. The van der Waals surface area contributed by atoms with Gasteiger partial charge in [-0.3, -0.25) is 0 Å². The number of benzene rings is 3. The largest absolute Gasteiger partial charge is 0.494 e. The Balaban J connectivity index is 1.73. The van der Waals surface area contributed by atoms with Crippen LogP contribution in [0, 0.1) is 17.5 Å². The predicted molar refractivity (Wildman–Crippen MR) is 117 cm³/mol. The van der Waals surface area contributed by atoms with Gasteiger partial charge in [-0.05, 0) is 47.7 Å². The summed E-state index contributed by atoms with van der Waals surface area (Å²) in [6, 6.07) is 15.2. The summed E-state index contributed by atoms with van der Waals surface area (Å²) in [5.74, 6) is -2.33. The molecule has 0 unspecified atom stereocenters. The van der Waals surface area contributed by atoms with E-state index in [2.05, 4.69) is 6.92 Å². The van der Waals surface area contributed by atoms with E-state index < -0.39 is 11.6 Å². The van der Waals surface area contributed by atoms with Crippen molar-refractivity contribution in [3.8, 4) is 16.9 Å². The summed E-state index contributed by atoms with van der Waals surface area (Å²) in [5, 5.41) is 0. The zero-order valence-electron chi connectivity index (χ0n) is 17.2. The molecule has 0 saturated carbocycles. The van der Waals surface area contributed by atoms with Crippen LogP contribution in [0.25, 0.3) is 23.3 Å². The van der Waals surface area contributed by atoms with Gasteiger partial charge in [0.1, 0.15) is 5.82 Å². The van der Waals surface area contributed by atoms with Crippen LogP contribution in [0.2, 0.25) is 0 Å². The molecule has 0 N–H and O–H groups in total. The first-order valence-electron chi connectivity index (χ1n) is 10.1. The Morgan fingerprint density at radius 1 is 0.833 bits per heavy atom. The monoisotopic (exact) mass is 410 g/mol. The molecule has 0 aliphatic heterocycles. The topological polar surface area (TPSA) is 9.23 Å². The molecule has 3 aromatic rings. The first-order chi connectivity index (χ1) is 14.5. The molecule has 3 aromatic carbocycles. The number of unbranched alkanes of at least 4 members (excludes halogenated alkanes) is 2. The first kappa shape index (κ1) is 21.7. The fraction of sp³-hybridized carbons (Fsp3) is 0.231. The molecule has 0 aliphatic rings. The third-order valence-corrected chi connectivity index (χ3v) is 5.08. The average Bonchev–Trinajstić information content (AvgIpc) is 2.76. The summed E-state index contributed by atoms with van der Waals surface area (Å²) < 4.78 is 47.4. The second-order valence-electron chi connectivity index (χ2n) is 7.21. The van der Waals surface area contributed by atoms with Crippen LogP contribution in [0.3, 0.4) is 0 Å². The number of ether oxygens (including phenoxy) is 1. The molecular formula is C26H25F3O. The van der Waals surface area contributed by atoms with Crippen molar-refractivity contribution in [3.63, 3.8) is 0 Å². The molecule has 3 rings (SSSR count). The Morgan fingerprint density at radius 3 is 2.27 bits per heavy atom. The van der Waals surface area contributed by atoms with Crippen molar-refractivity contribution in [2.45, 2.75) is 32.6 Å². The van der Waals surface area contributed by atoms with Gasteiger partial charge in [0.25, 0.3) is 0 Å². The molecule has 0 saturated heterocycles. The smallest absolute Gasteiger partial charge is 0.201 e.